The number of nitrogens with two attached hydrogens (primary N) is 1. The van der Waals surface area contributed by atoms with Gasteiger partial charge in [0, 0.05) is 31.9 Å². The Balaban J connectivity index is 1.60. The molecule has 0 aliphatic carbocycles. The Labute approximate surface area is 147 Å². The van der Waals surface area contributed by atoms with E-state index in [1.165, 1.54) is 17.8 Å². The second-order valence-corrected chi connectivity index (χ2v) is 6.39. The van der Waals surface area contributed by atoms with Gasteiger partial charge in [-0.1, -0.05) is 30.3 Å². The predicted octanol–water partition coefficient (Wildman–Crippen LogP) is 1.53. The average molecular weight is 338 g/mol. The molecule has 2 aromatic rings. The first kappa shape index (κ1) is 17.1. The van der Waals surface area contributed by atoms with E-state index in [0.717, 1.165) is 13.0 Å². The lowest BCUT2D eigenvalue weighted by atomic mass is 10.1. The first-order chi connectivity index (χ1) is 12.0. The van der Waals surface area contributed by atoms with E-state index >= 15 is 0 Å². The Morgan fingerprint density at radius 1 is 1.24 bits per heavy atom. The number of aromatic nitrogens is 1. The van der Waals surface area contributed by atoms with Crippen molar-refractivity contribution in [3.05, 3.63) is 65.5 Å². The Bertz CT molecular complexity index is 746. The number of nitrogens with zero attached hydrogens (tertiary/aromatic N) is 3. The van der Waals surface area contributed by atoms with Gasteiger partial charge in [-0.2, -0.15) is 0 Å². The van der Waals surface area contributed by atoms with E-state index in [9.17, 15) is 9.59 Å². The molecule has 6 nitrogen and oxygen atoms in total. The zero-order valence-electron chi connectivity index (χ0n) is 14.3. The van der Waals surface area contributed by atoms with Gasteiger partial charge >= 0.3 is 0 Å². The molecule has 0 spiro atoms. The number of pyridine rings is 1. The molecule has 0 bridgehead atoms. The number of hydrogen-bond acceptors (Lipinski definition) is 4. The second-order valence-electron chi connectivity index (χ2n) is 6.39. The van der Waals surface area contributed by atoms with Gasteiger partial charge in [0.15, 0.2) is 0 Å². The minimum Gasteiger partial charge on any atom is -0.366 e. The molecule has 1 aliphatic heterocycles. The number of amides is 2. The van der Waals surface area contributed by atoms with Crippen molar-refractivity contribution in [1.29, 1.82) is 0 Å². The van der Waals surface area contributed by atoms with Crippen LogP contribution in [-0.4, -0.2) is 52.8 Å². The first-order valence-corrected chi connectivity index (χ1v) is 8.34. The minimum absolute atomic E-state index is 0.105. The summed E-state index contributed by atoms with van der Waals surface area (Å²) < 4.78 is 0. The first-order valence-electron chi connectivity index (χ1n) is 8.34. The number of carbonyl (C=O) groups excluding carboxylic acids is 2. The topological polar surface area (TPSA) is 79.5 Å². The van der Waals surface area contributed by atoms with Crippen molar-refractivity contribution in [2.75, 3.05) is 20.1 Å². The summed E-state index contributed by atoms with van der Waals surface area (Å²) in [6.07, 6.45) is 2.29. The maximum absolute atomic E-state index is 12.6. The highest BCUT2D eigenvalue weighted by Crippen LogP contribution is 2.18. The Morgan fingerprint density at radius 2 is 2.00 bits per heavy atom. The van der Waals surface area contributed by atoms with E-state index in [-0.39, 0.29) is 5.91 Å². The Morgan fingerprint density at radius 3 is 2.64 bits per heavy atom. The molecule has 6 heteroatoms. The van der Waals surface area contributed by atoms with Gasteiger partial charge < -0.3 is 10.6 Å². The summed E-state index contributed by atoms with van der Waals surface area (Å²) in [5, 5.41) is 0. The summed E-state index contributed by atoms with van der Waals surface area (Å²) in [4.78, 5) is 31.8. The van der Waals surface area contributed by atoms with Crippen molar-refractivity contribution in [3.8, 4) is 0 Å². The molecule has 1 aliphatic rings. The van der Waals surface area contributed by atoms with Crippen LogP contribution >= 0.6 is 0 Å². The average Bonchev–Trinajstić information content (AvgIpc) is 3.12. The summed E-state index contributed by atoms with van der Waals surface area (Å²) in [6.45, 7) is 2.25. The number of primary amides is 1. The predicted molar refractivity (Wildman–Crippen MR) is 95.0 cm³/mol. The molecule has 1 unspecified atom stereocenters. The smallest absolute Gasteiger partial charge is 0.272 e. The molecular formula is C19H22N4O2. The van der Waals surface area contributed by atoms with Crippen LogP contribution in [0.2, 0.25) is 0 Å². The molecule has 3 rings (SSSR count). The van der Waals surface area contributed by atoms with Crippen molar-refractivity contribution in [2.45, 2.75) is 19.0 Å². The van der Waals surface area contributed by atoms with Crippen LogP contribution in [0.25, 0.3) is 0 Å². The molecule has 0 saturated carbocycles. The van der Waals surface area contributed by atoms with Crippen LogP contribution in [0, 0.1) is 0 Å². The fraction of sp³-hybridized carbons (Fsp3) is 0.316. The fourth-order valence-corrected chi connectivity index (χ4v) is 3.11. The lowest BCUT2D eigenvalue weighted by molar-refractivity contribution is 0.0773. The van der Waals surface area contributed by atoms with Gasteiger partial charge in [0.2, 0.25) is 5.91 Å². The zero-order chi connectivity index (χ0) is 17.8. The molecule has 25 heavy (non-hydrogen) atoms. The van der Waals surface area contributed by atoms with Gasteiger partial charge in [0.05, 0.1) is 5.56 Å². The molecule has 1 aromatic heterocycles. The summed E-state index contributed by atoms with van der Waals surface area (Å²) in [5.41, 5.74) is 7.11. The van der Waals surface area contributed by atoms with Crippen LogP contribution in [-0.2, 0) is 6.54 Å². The van der Waals surface area contributed by atoms with Crippen molar-refractivity contribution >= 4 is 11.8 Å². The number of carbonyl (C=O) groups is 2. The van der Waals surface area contributed by atoms with Gasteiger partial charge in [-0.15, -0.1) is 0 Å². The quantitative estimate of drug-likeness (QED) is 0.896. The standard InChI is InChI=1S/C19H22N4O2/c1-22(12-14-5-3-2-4-6-14)16-9-10-23(13-16)19(25)17-8-7-15(11-21-17)18(20)24/h2-8,11,16H,9-10,12-13H2,1H3,(H2,20,24). The molecule has 0 radical (unpaired) electrons. The van der Waals surface area contributed by atoms with Crippen LogP contribution in [0.15, 0.2) is 48.7 Å². The minimum atomic E-state index is -0.546. The van der Waals surface area contributed by atoms with Gasteiger partial charge in [-0.3, -0.25) is 19.5 Å². The molecule has 1 aromatic carbocycles. The molecule has 2 amide bonds. The van der Waals surface area contributed by atoms with Crippen molar-refractivity contribution in [1.82, 2.24) is 14.8 Å². The number of rotatable bonds is 5. The van der Waals surface area contributed by atoms with E-state index in [0.29, 0.717) is 30.4 Å². The largest absolute Gasteiger partial charge is 0.366 e. The lowest BCUT2D eigenvalue weighted by Crippen LogP contribution is -2.36. The Kier molecular flexibility index (Phi) is 5.09. The number of likely N-dealkylation sites (N-methyl/N-ethyl adjacent to an activating group) is 1. The fourth-order valence-electron chi connectivity index (χ4n) is 3.11. The molecule has 130 valence electrons. The molecule has 2 N–H and O–H groups in total. The summed E-state index contributed by atoms with van der Waals surface area (Å²) in [6, 6.07) is 13.7. The van der Waals surface area contributed by atoms with E-state index in [1.807, 2.05) is 23.1 Å². The highest BCUT2D eigenvalue weighted by molar-refractivity contribution is 5.95. The summed E-state index contributed by atoms with van der Waals surface area (Å²) >= 11 is 0. The second kappa shape index (κ2) is 7.44. The van der Waals surface area contributed by atoms with E-state index < -0.39 is 5.91 Å². The third-order valence-corrected chi connectivity index (χ3v) is 4.62. The summed E-state index contributed by atoms with van der Waals surface area (Å²) in [5.74, 6) is -0.651. The summed E-state index contributed by atoms with van der Waals surface area (Å²) in [7, 11) is 2.09. The third-order valence-electron chi connectivity index (χ3n) is 4.62. The number of benzene rings is 1. The van der Waals surface area contributed by atoms with Gasteiger partial charge in [0.1, 0.15) is 5.69 Å². The van der Waals surface area contributed by atoms with E-state index in [4.69, 9.17) is 5.73 Å². The van der Waals surface area contributed by atoms with Crippen LogP contribution in [0.4, 0.5) is 0 Å². The molecule has 1 fully saturated rings. The maximum atomic E-state index is 12.6. The van der Waals surface area contributed by atoms with E-state index in [2.05, 4.69) is 29.1 Å². The molecule has 2 heterocycles. The van der Waals surface area contributed by atoms with Crippen LogP contribution < -0.4 is 5.73 Å². The van der Waals surface area contributed by atoms with Gasteiger partial charge in [-0.25, -0.2) is 0 Å². The monoisotopic (exact) mass is 338 g/mol. The normalized spacial score (nSPS) is 17.0. The third kappa shape index (κ3) is 4.03. The van der Waals surface area contributed by atoms with Crippen LogP contribution in [0.1, 0.15) is 32.8 Å². The van der Waals surface area contributed by atoms with Crippen molar-refractivity contribution < 1.29 is 9.59 Å². The highest BCUT2D eigenvalue weighted by Gasteiger charge is 2.29. The molecular weight excluding hydrogens is 316 g/mol. The SMILES string of the molecule is CN(Cc1ccccc1)C1CCN(C(=O)c2ccc(C(N)=O)cn2)C1. The highest BCUT2D eigenvalue weighted by atomic mass is 16.2. The van der Waals surface area contributed by atoms with Crippen molar-refractivity contribution in [3.63, 3.8) is 0 Å². The van der Waals surface area contributed by atoms with Gasteiger partial charge in [0.25, 0.3) is 5.91 Å². The van der Waals surface area contributed by atoms with Crippen LogP contribution in [0.3, 0.4) is 0 Å². The lowest BCUT2D eigenvalue weighted by Gasteiger charge is -2.24. The molecule has 1 atom stereocenters. The maximum Gasteiger partial charge on any atom is 0.272 e. The van der Waals surface area contributed by atoms with Gasteiger partial charge in [-0.05, 0) is 31.2 Å². The Hall–Kier alpha value is -2.73. The zero-order valence-corrected chi connectivity index (χ0v) is 14.3. The molecule has 1 saturated heterocycles. The van der Waals surface area contributed by atoms with E-state index in [1.54, 1.807) is 6.07 Å². The number of likely N-dealkylation sites (tertiary alicyclic amines) is 1. The number of hydrogen-bond donors (Lipinski definition) is 1. The van der Waals surface area contributed by atoms with Crippen LogP contribution in [0.5, 0.6) is 0 Å². The van der Waals surface area contributed by atoms with Crippen molar-refractivity contribution in [2.24, 2.45) is 5.73 Å².